The van der Waals surface area contributed by atoms with Gasteiger partial charge in [-0.25, -0.2) is 0 Å². The Labute approximate surface area is 103 Å². The van der Waals surface area contributed by atoms with Crippen molar-refractivity contribution >= 4 is 15.9 Å². The molecule has 0 bridgehead atoms. The van der Waals surface area contributed by atoms with Crippen molar-refractivity contribution in [1.29, 1.82) is 0 Å². The maximum absolute atomic E-state index is 6.17. The van der Waals surface area contributed by atoms with E-state index in [1.54, 1.807) is 4.68 Å². The lowest BCUT2D eigenvalue weighted by Gasteiger charge is -2.12. The molecule has 2 rings (SSSR count). The van der Waals surface area contributed by atoms with Crippen molar-refractivity contribution < 1.29 is 0 Å². The van der Waals surface area contributed by atoms with E-state index in [-0.39, 0.29) is 6.04 Å². The van der Waals surface area contributed by atoms with E-state index in [4.69, 9.17) is 5.73 Å². The van der Waals surface area contributed by atoms with Crippen molar-refractivity contribution in [1.82, 2.24) is 9.78 Å². The predicted octanol–water partition coefficient (Wildman–Crippen LogP) is 2.43. The minimum Gasteiger partial charge on any atom is -0.324 e. The van der Waals surface area contributed by atoms with E-state index >= 15 is 0 Å². The van der Waals surface area contributed by atoms with Crippen LogP contribution in [0.3, 0.4) is 0 Å². The highest BCUT2D eigenvalue weighted by molar-refractivity contribution is 9.10. The maximum Gasteiger partial charge on any atom is 0.0522 e. The van der Waals surface area contributed by atoms with Crippen LogP contribution >= 0.6 is 15.9 Å². The third kappa shape index (κ3) is 2.51. The Morgan fingerprint density at radius 3 is 2.81 bits per heavy atom. The van der Waals surface area contributed by atoms with E-state index in [0.29, 0.717) is 0 Å². The summed E-state index contributed by atoms with van der Waals surface area (Å²) in [6.07, 6.45) is 4.66. The van der Waals surface area contributed by atoms with Gasteiger partial charge in [0, 0.05) is 23.8 Å². The Hall–Kier alpha value is -1.13. The Kier molecular flexibility index (Phi) is 3.41. The maximum atomic E-state index is 6.17. The molecule has 0 fully saturated rings. The number of hydrogen-bond acceptors (Lipinski definition) is 2. The summed E-state index contributed by atoms with van der Waals surface area (Å²) in [5.41, 5.74) is 8.46. The quantitative estimate of drug-likeness (QED) is 0.938. The molecule has 0 aliphatic rings. The number of aromatic nitrogens is 2. The van der Waals surface area contributed by atoms with Gasteiger partial charge in [0.15, 0.2) is 0 Å². The molecule has 1 unspecified atom stereocenters. The van der Waals surface area contributed by atoms with Crippen molar-refractivity contribution in [3.63, 3.8) is 0 Å². The second-order valence-corrected chi connectivity index (χ2v) is 4.71. The fourth-order valence-corrected chi connectivity index (χ4v) is 2.30. The molecule has 0 saturated carbocycles. The van der Waals surface area contributed by atoms with Crippen LogP contribution in [0.4, 0.5) is 0 Å². The van der Waals surface area contributed by atoms with E-state index in [2.05, 4.69) is 21.0 Å². The summed E-state index contributed by atoms with van der Waals surface area (Å²) in [6.45, 7) is 0. The molecular formula is C12H14BrN3. The van der Waals surface area contributed by atoms with Crippen molar-refractivity contribution in [2.45, 2.75) is 12.5 Å². The van der Waals surface area contributed by atoms with Crippen molar-refractivity contribution in [2.75, 3.05) is 0 Å². The molecular weight excluding hydrogens is 266 g/mol. The van der Waals surface area contributed by atoms with Gasteiger partial charge in [-0.2, -0.15) is 5.10 Å². The van der Waals surface area contributed by atoms with Crippen LogP contribution in [0.2, 0.25) is 0 Å². The lowest BCUT2D eigenvalue weighted by molar-refractivity contribution is 0.716. The van der Waals surface area contributed by atoms with Gasteiger partial charge in [0.25, 0.3) is 0 Å². The van der Waals surface area contributed by atoms with E-state index < -0.39 is 0 Å². The molecule has 0 saturated heterocycles. The Morgan fingerprint density at radius 2 is 2.19 bits per heavy atom. The lowest BCUT2D eigenvalue weighted by atomic mass is 10.0. The summed E-state index contributed by atoms with van der Waals surface area (Å²) in [4.78, 5) is 0. The SMILES string of the molecule is Cn1cc(CC(N)c2ccccc2Br)cn1. The Balaban J connectivity index is 2.14. The molecule has 0 spiro atoms. The van der Waals surface area contributed by atoms with Crippen LogP contribution in [0.15, 0.2) is 41.1 Å². The van der Waals surface area contributed by atoms with E-state index in [0.717, 1.165) is 22.0 Å². The number of hydrogen-bond donors (Lipinski definition) is 1. The molecule has 0 aliphatic carbocycles. The first kappa shape index (κ1) is 11.4. The monoisotopic (exact) mass is 279 g/mol. The van der Waals surface area contributed by atoms with Gasteiger partial charge in [0.1, 0.15) is 0 Å². The average molecular weight is 280 g/mol. The van der Waals surface area contributed by atoms with Crippen LogP contribution in [0.5, 0.6) is 0 Å². The van der Waals surface area contributed by atoms with Crippen molar-refractivity contribution in [3.8, 4) is 0 Å². The standard InChI is InChI=1S/C12H14BrN3/c1-16-8-9(7-15-16)6-12(14)10-4-2-3-5-11(10)13/h2-5,7-8,12H,6,14H2,1H3. The van der Waals surface area contributed by atoms with Crippen LogP contribution in [-0.2, 0) is 13.5 Å². The first-order chi connectivity index (χ1) is 7.66. The summed E-state index contributed by atoms with van der Waals surface area (Å²) < 4.78 is 2.86. The highest BCUT2D eigenvalue weighted by atomic mass is 79.9. The first-order valence-electron chi connectivity index (χ1n) is 5.14. The zero-order chi connectivity index (χ0) is 11.5. The third-order valence-corrected chi connectivity index (χ3v) is 3.24. The second kappa shape index (κ2) is 4.80. The topological polar surface area (TPSA) is 43.8 Å². The average Bonchev–Trinajstić information content (AvgIpc) is 2.64. The van der Waals surface area contributed by atoms with Crippen LogP contribution in [-0.4, -0.2) is 9.78 Å². The Bertz CT molecular complexity index is 479. The molecule has 1 heterocycles. The molecule has 84 valence electrons. The number of halogens is 1. The van der Waals surface area contributed by atoms with Crippen LogP contribution < -0.4 is 5.73 Å². The molecule has 16 heavy (non-hydrogen) atoms. The zero-order valence-electron chi connectivity index (χ0n) is 9.10. The summed E-state index contributed by atoms with van der Waals surface area (Å²) in [7, 11) is 1.91. The molecule has 0 amide bonds. The number of nitrogens with zero attached hydrogens (tertiary/aromatic N) is 2. The molecule has 4 heteroatoms. The fraction of sp³-hybridized carbons (Fsp3) is 0.250. The summed E-state index contributed by atoms with van der Waals surface area (Å²) in [5.74, 6) is 0. The summed E-state index contributed by atoms with van der Waals surface area (Å²) in [6, 6.07) is 8.05. The highest BCUT2D eigenvalue weighted by Crippen LogP contribution is 2.23. The van der Waals surface area contributed by atoms with E-state index in [9.17, 15) is 0 Å². The smallest absolute Gasteiger partial charge is 0.0522 e. The normalized spacial score (nSPS) is 12.7. The van der Waals surface area contributed by atoms with Gasteiger partial charge < -0.3 is 5.73 Å². The molecule has 2 N–H and O–H groups in total. The number of nitrogens with two attached hydrogens (primary N) is 1. The minimum atomic E-state index is -0.000208. The van der Waals surface area contributed by atoms with Crippen molar-refractivity contribution in [3.05, 3.63) is 52.3 Å². The fourth-order valence-electron chi connectivity index (χ4n) is 1.72. The minimum absolute atomic E-state index is 0.000208. The molecule has 2 aromatic rings. The van der Waals surface area contributed by atoms with Gasteiger partial charge in [-0.3, -0.25) is 4.68 Å². The van der Waals surface area contributed by atoms with Gasteiger partial charge in [-0.15, -0.1) is 0 Å². The van der Waals surface area contributed by atoms with Gasteiger partial charge in [-0.1, -0.05) is 34.1 Å². The Morgan fingerprint density at radius 1 is 1.44 bits per heavy atom. The summed E-state index contributed by atoms with van der Waals surface area (Å²) >= 11 is 3.51. The largest absolute Gasteiger partial charge is 0.324 e. The second-order valence-electron chi connectivity index (χ2n) is 3.85. The number of rotatable bonds is 3. The molecule has 3 nitrogen and oxygen atoms in total. The third-order valence-electron chi connectivity index (χ3n) is 2.52. The van der Waals surface area contributed by atoms with Gasteiger partial charge in [0.2, 0.25) is 0 Å². The van der Waals surface area contributed by atoms with Gasteiger partial charge in [-0.05, 0) is 23.6 Å². The van der Waals surface area contributed by atoms with Crippen molar-refractivity contribution in [2.24, 2.45) is 12.8 Å². The molecule has 1 atom stereocenters. The summed E-state index contributed by atoms with van der Waals surface area (Å²) in [5, 5.41) is 4.14. The molecule has 0 radical (unpaired) electrons. The lowest BCUT2D eigenvalue weighted by Crippen LogP contribution is -2.13. The number of benzene rings is 1. The molecule has 0 aliphatic heterocycles. The molecule has 1 aromatic carbocycles. The predicted molar refractivity (Wildman–Crippen MR) is 68.0 cm³/mol. The van der Waals surface area contributed by atoms with Gasteiger partial charge in [0.05, 0.1) is 6.20 Å². The first-order valence-corrected chi connectivity index (χ1v) is 5.93. The van der Waals surface area contributed by atoms with E-state index in [1.165, 1.54) is 0 Å². The highest BCUT2D eigenvalue weighted by Gasteiger charge is 2.10. The van der Waals surface area contributed by atoms with Crippen LogP contribution in [0.25, 0.3) is 0 Å². The van der Waals surface area contributed by atoms with Crippen LogP contribution in [0.1, 0.15) is 17.2 Å². The zero-order valence-corrected chi connectivity index (χ0v) is 10.7. The molecule has 1 aromatic heterocycles. The van der Waals surface area contributed by atoms with E-state index in [1.807, 2.05) is 43.7 Å². The van der Waals surface area contributed by atoms with Crippen LogP contribution in [0, 0.1) is 0 Å². The van der Waals surface area contributed by atoms with Gasteiger partial charge >= 0.3 is 0 Å². The number of aryl methyl sites for hydroxylation is 1.